The van der Waals surface area contributed by atoms with Gasteiger partial charge in [-0.2, -0.15) is 5.26 Å². The molecule has 1 atom stereocenters. The summed E-state index contributed by atoms with van der Waals surface area (Å²) in [5.41, 5.74) is 0.533. The molecule has 28 heavy (non-hydrogen) atoms. The van der Waals surface area contributed by atoms with Crippen LogP contribution in [-0.2, 0) is 9.59 Å². The third-order valence-electron chi connectivity index (χ3n) is 4.64. The molecule has 2 fully saturated rings. The summed E-state index contributed by atoms with van der Waals surface area (Å²) in [6.45, 7) is 2.04. The number of nitrogens with one attached hydrogen (secondary N) is 2. The number of halogens is 2. The first-order valence-electron chi connectivity index (χ1n) is 8.99. The monoisotopic (exact) mass is 422 g/mol. The van der Waals surface area contributed by atoms with Crippen molar-refractivity contribution in [3.8, 4) is 6.19 Å². The van der Waals surface area contributed by atoms with Crippen LogP contribution in [0.5, 0.6) is 0 Å². The highest BCUT2D eigenvalue weighted by Gasteiger charge is 2.34. The number of nitrogens with zero attached hydrogens (tertiary/aromatic N) is 4. The van der Waals surface area contributed by atoms with Gasteiger partial charge in [0.05, 0.1) is 6.54 Å². The number of carbonyl (C=O) groups is 2. The fraction of sp³-hybridized carbons (Fsp3) is 0.444. The number of rotatable bonds is 4. The van der Waals surface area contributed by atoms with Crippen LogP contribution in [0.2, 0.25) is 10.0 Å². The molecule has 0 spiro atoms. The summed E-state index contributed by atoms with van der Waals surface area (Å²) in [6.07, 6.45) is 4.28. The van der Waals surface area contributed by atoms with Crippen LogP contribution < -0.4 is 10.6 Å². The summed E-state index contributed by atoms with van der Waals surface area (Å²) in [5.74, 6) is -0.139. The summed E-state index contributed by atoms with van der Waals surface area (Å²) in [6, 6.07) is 4.17. The van der Waals surface area contributed by atoms with Crippen LogP contribution in [0, 0.1) is 11.5 Å². The second-order valence-corrected chi connectivity index (χ2v) is 7.52. The van der Waals surface area contributed by atoms with Crippen LogP contribution >= 0.6 is 23.2 Å². The maximum Gasteiger partial charge on any atom is 0.248 e. The van der Waals surface area contributed by atoms with Crippen LogP contribution in [-0.4, -0.2) is 59.8 Å². The minimum Gasteiger partial charge on any atom is -0.341 e. The number of hydrogen-bond acceptors (Lipinski definition) is 4. The lowest BCUT2D eigenvalue weighted by Gasteiger charge is -2.20. The van der Waals surface area contributed by atoms with Crippen LogP contribution in [0.3, 0.4) is 0 Å². The lowest BCUT2D eigenvalue weighted by atomic mass is 10.3. The van der Waals surface area contributed by atoms with Gasteiger partial charge in [-0.15, -0.1) is 0 Å². The summed E-state index contributed by atoms with van der Waals surface area (Å²) in [5, 5.41) is 15.2. The number of benzene rings is 1. The van der Waals surface area contributed by atoms with Crippen molar-refractivity contribution in [2.24, 2.45) is 4.99 Å². The van der Waals surface area contributed by atoms with Crippen LogP contribution in [0.15, 0.2) is 23.2 Å². The Kier molecular flexibility index (Phi) is 6.60. The highest BCUT2D eigenvalue weighted by atomic mass is 35.5. The third-order valence-corrected chi connectivity index (χ3v) is 5.08. The molecule has 0 aromatic heterocycles. The van der Waals surface area contributed by atoms with Gasteiger partial charge in [-0.05, 0) is 37.5 Å². The van der Waals surface area contributed by atoms with E-state index in [1.165, 1.54) is 4.90 Å². The predicted octanol–water partition coefficient (Wildman–Crippen LogP) is 2.06. The topological polar surface area (TPSA) is 101 Å². The quantitative estimate of drug-likeness (QED) is 0.334. The molecule has 3 rings (SSSR count). The van der Waals surface area contributed by atoms with E-state index >= 15 is 0 Å². The van der Waals surface area contributed by atoms with Crippen molar-refractivity contribution in [1.29, 1.82) is 5.26 Å². The Labute approximate surface area is 173 Å². The zero-order valence-corrected chi connectivity index (χ0v) is 16.6. The van der Waals surface area contributed by atoms with Gasteiger partial charge < -0.3 is 15.1 Å². The maximum atomic E-state index is 12.6. The zero-order chi connectivity index (χ0) is 20.1. The van der Waals surface area contributed by atoms with Gasteiger partial charge in [0.15, 0.2) is 6.19 Å². The SMILES string of the molecule is N#CNC(=NC1CCN(CC(=O)N2CCCC2)C1=O)Nc1cc(Cl)cc(Cl)c1. The Morgan fingerprint density at radius 1 is 1.21 bits per heavy atom. The first kappa shape index (κ1) is 20.2. The molecular weight excluding hydrogens is 403 g/mol. The molecule has 0 saturated carbocycles. The number of anilines is 1. The zero-order valence-electron chi connectivity index (χ0n) is 15.1. The highest BCUT2D eigenvalue weighted by molar-refractivity contribution is 6.35. The van der Waals surface area contributed by atoms with E-state index in [2.05, 4.69) is 15.6 Å². The number of hydrogen-bond donors (Lipinski definition) is 2. The molecule has 2 aliphatic heterocycles. The van der Waals surface area contributed by atoms with Gasteiger partial charge in [0.2, 0.25) is 17.8 Å². The first-order chi connectivity index (χ1) is 13.5. The van der Waals surface area contributed by atoms with Crippen LogP contribution in [0.25, 0.3) is 0 Å². The highest BCUT2D eigenvalue weighted by Crippen LogP contribution is 2.23. The smallest absolute Gasteiger partial charge is 0.248 e. The van der Waals surface area contributed by atoms with E-state index in [1.807, 2.05) is 0 Å². The average molecular weight is 423 g/mol. The molecule has 0 bridgehead atoms. The number of nitriles is 1. The Hall–Kier alpha value is -2.50. The number of likely N-dealkylation sites (tertiary alicyclic amines) is 2. The third kappa shape index (κ3) is 5.06. The summed E-state index contributed by atoms with van der Waals surface area (Å²) < 4.78 is 0. The van der Waals surface area contributed by atoms with Gasteiger partial charge in [-0.25, -0.2) is 4.99 Å². The van der Waals surface area contributed by atoms with E-state index in [0.717, 1.165) is 25.9 Å². The van der Waals surface area contributed by atoms with Crippen molar-refractivity contribution in [3.05, 3.63) is 28.2 Å². The van der Waals surface area contributed by atoms with E-state index in [-0.39, 0.29) is 24.3 Å². The molecule has 1 aromatic rings. The Balaban J connectivity index is 1.66. The molecule has 2 heterocycles. The molecule has 148 valence electrons. The molecule has 2 saturated heterocycles. The normalized spacial score (nSPS) is 19.7. The van der Waals surface area contributed by atoms with Crippen molar-refractivity contribution in [2.75, 3.05) is 31.5 Å². The molecule has 2 amide bonds. The molecule has 8 nitrogen and oxygen atoms in total. The van der Waals surface area contributed by atoms with Crippen molar-refractivity contribution in [2.45, 2.75) is 25.3 Å². The van der Waals surface area contributed by atoms with Crippen molar-refractivity contribution in [1.82, 2.24) is 15.1 Å². The fourth-order valence-corrected chi connectivity index (χ4v) is 3.82. The lowest BCUT2D eigenvalue weighted by molar-refractivity contribution is -0.138. The van der Waals surface area contributed by atoms with Crippen LogP contribution in [0.4, 0.5) is 5.69 Å². The lowest BCUT2D eigenvalue weighted by Crippen LogP contribution is -2.41. The summed E-state index contributed by atoms with van der Waals surface area (Å²) >= 11 is 12.0. The Morgan fingerprint density at radius 2 is 1.89 bits per heavy atom. The van der Waals surface area contributed by atoms with E-state index in [9.17, 15) is 9.59 Å². The fourth-order valence-electron chi connectivity index (χ4n) is 3.30. The number of guanidine groups is 1. The van der Waals surface area contributed by atoms with Crippen LogP contribution in [0.1, 0.15) is 19.3 Å². The predicted molar refractivity (Wildman–Crippen MR) is 107 cm³/mol. The number of amides is 2. The van der Waals surface area contributed by atoms with E-state index in [1.54, 1.807) is 29.3 Å². The molecule has 0 aliphatic carbocycles. The number of aliphatic imine (C=N–C) groups is 1. The minimum absolute atomic E-state index is 0.0300. The summed E-state index contributed by atoms with van der Waals surface area (Å²) in [4.78, 5) is 32.5. The first-order valence-corrected chi connectivity index (χ1v) is 9.74. The summed E-state index contributed by atoms with van der Waals surface area (Å²) in [7, 11) is 0. The molecule has 10 heteroatoms. The molecule has 2 N–H and O–H groups in total. The molecular formula is C18H20Cl2N6O2. The standard InChI is InChI=1S/C18H20Cl2N6O2/c19-12-7-13(20)9-14(8-12)23-18(22-11-21)24-15-3-6-26(17(15)28)10-16(27)25-4-1-2-5-25/h7-9,15H,1-6,10H2,(H2,22,23,24). The van der Waals surface area contributed by atoms with Crippen molar-refractivity contribution in [3.63, 3.8) is 0 Å². The second-order valence-electron chi connectivity index (χ2n) is 6.65. The molecule has 1 unspecified atom stereocenters. The van der Waals surface area contributed by atoms with Crippen molar-refractivity contribution < 1.29 is 9.59 Å². The van der Waals surface area contributed by atoms with Gasteiger partial charge in [-0.3, -0.25) is 14.9 Å². The van der Waals surface area contributed by atoms with Gasteiger partial charge in [0, 0.05) is 35.4 Å². The molecule has 1 aromatic carbocycles. The number of carbonyl (C=O) groups excluding carboxylic acids is 2. The Morgan fingerprint density at radius 3 is 2.54 bits per heavy atom. The van der Waals surface area contributed by atoms with E-state index < -0.39 is 6.04 Å². The van der Waals surface area contributed by atoms with Gasteiger partial charge in [0.25, 0.3) is 0 Å². The Bertz CT molecular complexity index is 812. The molecule has 0 radical (unpaired) electrons. The van der Waals surface area contributed by atoms with Crippen molar-refractivity contribution >= 4 is 46.7 Å². The molecule has 2 aliphatic rings. The minimum atomic E-state index is -0.663. The van der Waals surface area contributed by atoms with E-state index in [0.29, 0.717) is 28.7 Å². The maximum absolute atomic E-state index is 12.6. The van der Waals surface area contributed by atoms with Gasteiger partial charge >= 0.3 is 0 Å². The second kappa shape index (κ2) is 9.13. The largest absolute Gasteiger partial charge is 0.341 e. The van der Waals surface area contributed by atoms with Gasteiger partial charge in [-0.1, -0.05) is 23.2 Å². The average Bonchev–Trinajstić information content (AvgIpc) is 3.27. The van der Waals surface area contributed by atoms with E-state index in [4.69, 9.17) is 28.5 Å². The van der Waals surface area contributed by atoms with Gasteiger partial charge in [0.1, 0.15) is 6.04 Å².